The summed E-state index contributed by atoms with van der Waals surface area (Å²) in [5, 5.41) is 13.5. The van der Waals surface area contributed by atoms with Crippen LogP contribution in [-0.2, 0) is 6.42 Å². The van der Waals surface area contributed by atoms with Gasteiger partial charge in [-0.05, 0) is 44.9 Å². The Hall–Kier alpha value is -0.870. The highest BCUT2D eigenvalue weighted by Gasteiger charge is 2.19. The van der Waals surface area contributed by atoms with Crippen molar-refractivity contribution in [1.29, 1.82) is 0 Å². The van der Waals surface area contributed by atoms with Crippen LogP contribution in [0.25, 0.3) is 0 Å². The maximum Gasteiger partial charge on any atom is 0.137 e. The van der Waals surface area contributed by atoms with Gasteiger partial charge in [0, 0.05) is 18.5 Å². The zero-order valence-corrected chi connectivity index (χ0v) is 13.1. The van der Waals surface area contributed by atoms with Crippen LogP contribution in [0, 0.1) is 12.8 Å². The van der Waals surface area contributed by atoms with E-state index < -0.39 is 0 Å². The molecule has 2 N–H and O–H groups in total. The summed E-state index contributed by atoms with van der Waals surface area (Å²) in [4.78, 5) is 8.88. The summed E-state index contributed by atoms with van der Waals surface area (Å²) in [5.74, 6) is 2.28. The van der Waals surface area contributed by atoms with Gasteiger partial charge in [-0.15, -0.1) is 0 Å². The Kier molecular flexibility index (Phi) is 5.61. The van der Waals surface area contributed by atoms with E-state index >= 15 is 0 Å². The smallest absolute Gasteiger partial charge is 0.137 e. The number of nitrogens with one attached hydrogen (secondary N) is 1. The summed E-state index contributed by atoms with van der Waals surface area (Å²) in [7, 11) is 0. The Morgan fingerprint density at radius 3 is 2.60 bits per heavy atom. The minimum Gasteiger partial charge on any atom is -0.393 e. The van der Waals surface area contributed by atoms with Gasteiger partial charge in [0.25, 0.3) is 0 Å². The summed E-state index contributed by atoms with van der Waals surface area (Å²) in [6, 6.07) is 0. The van der Waals surface area contributed by atoms with Gasteiger partial charge in [-0.1, -0.05) is 18.5 Å². The molecule has 112 valence electrons. The van der Waals surface area contributed by atoms with E-state index in [4.69, 9.17) is 11.6 Å². The molecule has 0 aromatic carbocycles. The third kappa shape index (κ3) is 4.06. The van der Waals surface area contributed by atoms with Crippen molar-refractivity contribution < 1.29 is 5.11 Å². The van der Waals surface area contributed by atoms with Gasteiger partial charge in [-0.25, -0.2) is 9.97 Å². The second kappa shape index (κ2) is 7.23. The Bertz CT molecular complexity index is 445. The predicted molar refractivity (Wildman–Crippen MR) is 82.2 cm³/mol. The van der Waals surface area contributed by atoms with E-state index in [0.29, 0.717) is 11.1 Å². The van der Waals surface area contributed by atoms with E-state index in [1.54, 1.807) is 0 Å². The number of rotatable bonds is 5. The number of halogens is 1. The van der Waals surface area contributed by atoms with Gasteiger partial charge in [-0.3, -0.25) is 0 Å². The number of hydrogen-bond acceptors (Lipinski definition) is 4. The van der Waals surface area contributed by atoms with Crippen molar-refractivity contribution >= 4 is 17.4 Å². The third-order valence-electron chi connectivity index (χ3n) is 3.98. The van der Waals surface area contributed by atoms with E-state index in [9.17, 15) is 5.11 Å². The SMILES string of the molecule is CCCc1nc(Cl)c(C)c(NCC2CCC(O)CC2)n1. The fraction of sp³-hybridized carbons (Fsp3) is 0.733. The molecule has 1 saturated carbocycles. The van der Waals surface area contributed by atoms with Crippen molar-refractivity contribution in [2.24, 2.45) is 5.92 Å². The monoisotopic (exact) mass is 297 g/mol. The van der Waals surface area contributed by atoms with E-state index in [2.05, 4.69) is 22.2 Å². The van der Waals surface area contributed by atoms with E-state index in [1.165, 1.54) is 0 Å². The molecule has 1 aromatic rings. The Morgan fingerprint density at radius 2 is 1.95 bits per heavy atom. The van der Waals surface area contributed by atoms with Crippen LogP contribution in [0.5, 0.6) is 0 Å². The number of aliphatic hydroxyl groups excluding tert-OH is 1. The first-order chi connectivity index (χ1) is 9.60. The maximum absolute atomic E-state index is 9.53. The van der Waals surface area contributed by atoms with Crippen LogP contribution in [0.4, 0.5) is 5.82 Å². The fourth-order valence-electron chi connectivity index (χ4n) is 2.63. The zero-order valence-electron chi connectivity index (χ0n) is 12.3. The first kappa shape index (κ1) is 15.5. The van der Waals surface area contributed by atoms with Crippen LogP contribution < -0.4 is 5.32 Å². The summed E-state index contributed by atoms with van der Waals surface area (Å²) >= 11 is 6.17. The van der Waals surface area contributed by atoms with Crippen LogP contribution in [0.1, 0.15) is 50.4 Å². The number of nitrogens with zero attached hydrogens (tertiary/aromatic N) is 2. The van der Waals surface area contributed by atoms with E-state index in [-0.39, 0.29) is 6.10 Å². The topological polar surface area (TPSA) is 58.0 Å². The van der Waals surface area contributed by atoms with E-state index in [1.807, 2.05) is 6.92 Å². The molecule has 0 unspecified atom stereocenters. The van der Waals surface area contributed by atoms with Gasteiger partial charge in [0.1, 0.15) is 16.8 Å². The number of aryl methyl sites for hydroxylation is 1. The highest BCUT2D eigenvalue weighted by molar-refractivity contribution is 6.30. The van der Waals surface area contributed by atoms with Gasteiger partial charge >= 0.3 is 0 Å². The minimum absolute atomic E-state index is 0.0994. The van der Waals surface area contributed by atoms with Gasteiger partial charge in [0.2, 0.25) is 0 Å². The van der Waals surface area contributed by atoms with Gasteiger partial charge in [0.05, 0.1) is 6.10 Å². The summed E-state index contributed by atoms with van der Waals surface area (Å²) in [6.45, 7) is 4.95. The van der Waals surface area contributed by atoms with E-state index in [0.717, 1.165) is 62.3 Å². The average Bonchev–Trinajstić information content (AvgIpc) is 2.43. The molecule has 0 atom stereocenters. The van der Waals surface area contributed by atoms with Crippen molar-refractivity contribution in [3.63, 3.8) is 0 Å². The molecular formula is C15H24ClN3O. The van der Waals surface area contributed by atoms with Crippen LogP contribution in [0.2, 0.25) is 5.15 Å². The van der Waals surface area contributed by atoms with Crippen molar-refractivity contribution in [2.75, 3.05) is 11.9 Å². The van der Waals surface area contributed by atoms with Crippen LogP contribution in [0.3, 0.4) is 0 Å². The molecule has 2 rings (SSSR count). The Labute approximate surface area is 126 Å². The lowest BCUT2D eigenvalue weighted by atomic mass is 9.87. The predicted octanol–water partition coefficient (Wildman–Crippen LogP) is 3.35. The summed E-state index contributed by atoms with van der Waals surface area (Å²) in [6.07, 6.45) is 5.75. The molecule has 0 spiro atoms. The molecule has 0 saturated heterocycles. The molecule has 0 bridgehead atoms. The molecule has 1 aliphatic carbocycles. The Balaban J connectivity index is 1.97. The summed E-state index contributed by atoms with van der Waals surface area (Å²) in [5.41, 5.74) is 0.919. The standard InChI is InChI=1S/C15H24ClN3O/c1-3-4-13-18-14(16)10(2)15(19-13)17-9-11-5-7-12(20)8-6-11/h11-12,20H,3-9H2,1-2H3,(H,17,18,19). The fourth-order valence-corrected chi connectivity index (χ4v) is 2.82. The largest absolute Gasteiger partial charge is 0.393 e. The molecule has 4 nitrogen and oxygen atoms in total. The molecule has 5 heteroatoms. The highest BCUT2D eigenvalue weighted by atomic mass is 35.5. The van der Waals surface area contributed by atoms with Crippen LogP contribution >= 0.6 is 11.6 Å². The van der Waals surface area contributed by atoms with Crippen molar-refractivity contribution in [3.8, 4) is 0 Å². The quantitative estimate of drug-likeness (QED) is 0.818. The Morgan fingerprint density at radius 1 is 1.25 bits per heavy atom. The molecule has 0 amide bonds. The number of hydrogen-bond donors (Lipinski definition) is 2. The minimum atomic E-state index is -0.0994. The average molecular weight is 298 g/mol. The molecule has 1 fully saturated rings. The molecule has 1 aliphatic rings. The van der Waals surface area contributed by atoms with Gasteiger partial charge in [-0.2, -0.15) is 0 Å². The first-order valence-electron chi connectivity index (χ1n) is 7.55. The molecule has 0 radical (unpaired) electrons. The molecule has 1 aromatic heterocycles. The second-order valence-corrected chi connectivity index (χ2v) is 6.07. The van der Waals surface area contributed by atoms with Crippen molar-refractivity contribution in [1.82, 2.24) is 9.97 Å². The van der Waals surface area contributed by atoms with Gasteiger partial charge < -0.3 is 10.4 Å². The molecule has 20 heavy (non-hydrogen) atoms. The normalized spacial score (nSPS) is 22.8. The lowest BCUT2D eigenvalue weighted by Gasteiger charge is -2.26. The second-order valence-electron chi connectivity index (χ2n) is 5.71. The highest BCUT2D eigenvalue weighted by Crippen LogP contribution is 2.26. The molecule has 1 heterocycles. The number of anilines is 1. The summed E-state index contributed by atoms with van der Waals surface area (Å²) < 4.78 is 0. The van der Waals surface area contributed by atoms with Gasteiger partial charge in [0.15, 0.2) is 0 Å². The third-order valence-corrected chi connectivity index (χ3v) is 4.35. The number of aliphatic hydroxyl groups is 1. The van der Waals surface area contributed by atoms with Crippen LogP contribution in [-0.4, -0.2) is 27.7 Å². The maximum atomic E-state index is 9.53. The molecular weight excluding hydrogens is 274 g/mol. The zero-order chi connectivity index (χ0) is 14.5. The first-order valence-corrected chi connectivity index (χ1v) is 7.93. The van der Waals surface area contributed by atoms with Crippen molar-refractivity contribution in [3.05, 3.63) is 16.5 Å². The van der Waals surface area contributed by atoms with Crippen LogP contribution in [0.15, 0.2) is 0 Å². The lowest BCUT2D eigenvalue weighted by Crippen LogP contribution is -2.24. The lowest BCUT2D eigenvalue weighted by molar-refractivity contribution is 0.111. The number of aromatic nitrogens is 2. The molecule has 0 aliphatic heterocycles. The van der Waals surface area contributed by atoms with Crippen molar-refractivity contribution in [2.45, 2.75) is 58.5 Å².